The molecule has 0 radical (unpaired) electrons. The van der Waals surface area contributed by atoms with E-state index in [1.54, 1.807) is 6.07 Å². The number of halogens is 2. The van der Waals surface area contributed by atoms with Gasteiger partial charge in [0, 0.05) is 18.7 Å². The van der Waals surface area contributed by atoms with Gasteiger partial charge in [-0.3, -0.25) is 0 Å². The summed E-state index contributed by atoms with van der Waals surface area (Å²) in [5.41, 5.74) is 0.771. The molecule has 0 amide bonds. The van der Waals surface area contributed by atoms with Gasteiger partial charge in [-0.1, -0.05) is 36.0 Å². The number of aliphatic hydroxyl groups excluding tert-OH is 1. The molecule has 1 saturated carbocycles. The minimum Gasteiger partial charge on any atom is -0.395 e. The molecule has 0 spiro atoms. The lowest BCUT2D eigenvalue weighted by Gasteiger charge is -2.30. The molecule has 0 saturated heterocycles. The zero-order chi connectivity index (χ0) is 12.3. The lowest BCUT2D eigenvalue weighted by molar-refractivity contribution is 0.297. The molecule has 6 heteroatoms. The minimum absolute atomic E-state index is 0.0901. The molecule has 17 heavy (non-hydrogen) atoms. The van der Waals surface area contributed by atoms with Crippen LogP contribution in [0.5, 0.6) is 0 Å². The minimum atomic E-state index is 0.0901. The average Bonchev–Trinajstić information content (AvgIpc) is 2.83. The fourth-order valence-electron chi connectivity index (χ4n) is 2.37. The maximum absolute atomic E-state index is 9.16. The molecule has 1 fully saturated rings. The summed E-state index contributed by atoms with van der Waals surface area (Å²) in [6.07, 6.45) is 4.68. The smallest absolute Gasteiger partial charge is 0.175 e. The molecular formula is C11H15Cl2N3O. The van der Waals surface area contributed by atoms with Crippen LogP contribution in [0.15, 0.2) is 6.07 Å². The summed E-state index contributed by atoms with van der Waals surface area (Å²) in [5.74, 6) is 0. The molecule has 1 aromatic rings. The summed E-state index contributed by atoms with van der Waals surface area (Å²) in [5, 5.41) is 17.3. The van der Waals surface area contributed by atoms with Gasteiger partial charge in [0.25, 0.3) is 0 Å². The van der Waals surface area contributed by atoms with E-state index in [0.29, 0.717) is 22.9 Å². The van der Waals surface area contributed by atoms with E-state index in [4.69, 9.17) is 28.3 Å². The molecule has 0 atom stereocenters. The van der Waals surface area contributed by atoms with Crippen molar-refractivity contribution in [1.82, 2.24) is 10.2 Å². The Kier molecular flexibility index (Phi) is 4.42. The molecule has 0 bridgehead atoms. The number of nitrogens with zero attached hydrogens (tertiary/aromatic N) is 3. The van der Waals surface area contributed by atoms with Crippen molar-refractivity contribution in [3.8, 4) is 0 Å². The molecule has 0 aliphatic heterocycles. The Bertz CT molecular complexity index is 383. The van der Waals surface area contributed by atoms with Gasteiger partial charge in [-0.15, -0.1) is 10.2 Å². The van der Waals surface area contributed by atoms with Crippen molar-refractivity contribution in [1.29, 1.82) is 0 Å². The van der Waals surface area contributed by atoms with Crippen molar-refractivity contribution >= 4 is 28.9 Å². The van der Waals surface area contributed by atoms with E-state index in [0.717, 1.165) is 18.5 Å². The summed E-state index contributed by atoms with van der Waals surface area (Å²) in [6.45, 7) is 0.638. The Morgan fingerprint density at radius 3 is 2.65 bits per heavy atom. The van der Waals surface area contributed by atoms with Gasteiger partial charge in [0.15, 0.2) is 10.3 Å². The van der Waals surface area contributed by atoms with E-state index >= 15 is 0 Å². The Labute approximate surface area is 111 Å². The van der Waals surface area contributed by atoms with E-state index in [2.05, 4.69) is 15.1 Å². The Morgan fingerprint density at radius 1 is 1.29 bits per heavy atom. The SMILES string of the molecule is OCCN(c1cc(Cl)nnc1Cl)C1CCCC1. The first-order chi connectivity index (χ1) is 8.22. The number of hydrogen-bond acceptors (Lipinski definition) is 4. The predicted octanol–water partition coefficient (Wildman–Crippen LogP) is 2.52. The van der Waals surface area contributed by atoms with Gasteiger partial charge >= 0.3 is 0 Å². The van der Waals surface area contributed by atoms with E-state index in [1.165, 1.54) is 12.8 Å². The zero-order valence-electron chi connectivity index (χ0n) is 9.44. The first-order valence-corrected chi connectivity index (χ1v) is 6.54. The number of aromatic nitrogens is 2. The van der Waals surface area contributed by atoms with Crippen LogP contribution in [0.2, 0.25) is 10.3 Å². The van der Waals surface area contributed by atoms with Crippen molar-refractivity contribution in [2.45, 2.75) is 31.7 Å². The standard InChI is InChI=1S/C11H15Cl2N3O/c12-10-7-9(11(13)15-14-10)16(5-6-17)8-3-1-2-4-8/h7-8,17H,1-6H2. The van der Waals surface area contributed by atoms with Crippen LogP contribution in [-0.2, 0) is 0 Å². The molecule has 1 aliphatic rings. The second-order valence-electron chi connectivity index (χ2n) is 4.20. The number of hydrogen-bond donors (Lipinski definition) is 1. The van der Waals surface area contributed by atoms with Gasteiger partial charge in [0.1, 0.15) is 0 Å². The van der Waals surface area contributed by atoms with Crippen LogP contribution < -0.4 is 4.90 Å². The fraction of sp³-hybridized carbons (Fsp3) is 0.636. The van der Waals surface area contributed by atoms with Crippen LogP contribution in [-0.4, -0.2) is 34.5 Å². The molecule has 1 aliphatic carbocycles. The van der Waals surface area contributed by atoms with Gasteiger partial charge in [0.05, 0.1) is 12.3 Å². The second-order valence-corrected chi connectivity index (χ2v) is 4.94. The molecule has 1 aromatic heterocycles. The van der Waals surface area contributed by atoms with Crippen molar-refractivity contribution < 1.29 is 5.11 Å². The molecular weight excluding hydrogens is 261 g/mol. The van der Waals surface area contributed by atoms with Crippen molar-refractivity contribution in [2.24, 2.45) is 0 Å². The van der Waals surface area contributed by atoms with E-state index in [9.17, 15) is 0 Å². The van der Waals surface area contributed by atoms with Crippen molar-refractivity contribution in [3.63, 3.8) is 0 Å². The number of anilines is 1. The maximum Gasteiger partial charge on any atom is 0.175 e. The highest BCUT2D eigenvalue weighted by Gasteiger charge is 2.24. The Morgan fingerprint density at radius 2 is 2.00 bits per heavy atom. The topological polar surface area (TPSA) is 49.2 Å². The van der Waals surface area contributed by atoms with Crippen molar-refractivity contribution in [2.75, 3.05) is 18.1 Å². The third-order valence-corrected chi connectivity index (χ3v) is 3.57. The molecule has 94 valence electrons. The monoisotopic (exact) mass is 275 g/mol. The molecule has 4 nitrogen and oxygen atoms in total. The summed E-state index contributed by atoms with van der Waals surface area (Å²) < 4.78 is 0. The lowest BCUT2D eigenvalue weighted by Crippen LogP contribution is -2.36. The lowest BCUT2D eigenvalue weighted by atomic mass is 10.2. The van der Waals surface area contributed by atoms with Gasteiger partial charge in [-0.2, -0.15) is 0 Å². The Hall–Kier alpha value is -0.580. The van der Waals surface area contributed by atoms with E-state index in [1.807, 2.05) is 0 Å². The van der Waals surface area contributed by atoms with Crippen LogP contribution in [0.25, 0.3) is 0 Å². The molecule has 0 unspecified atom stereocenters. The van der Waals surface area contributed by atoms with Gasteiger partial charge in [-0.25, -0.2) is 0 Å². The van der Waals surface area contributed by atoms with Crippen LogP contribution >= 0.6 is 23.2 Å². The van der Waals surface area contributed by atoms with Crippen LogP contribution in [0.1, 0.15) is 25.7 Å². The molecule has 0 aromatic carbocycles. The summed E-state index contributed by atoms with van der Waals surface area (Å²) >= 11 is 11.9. The van der Waals surface area contributed by atoms with Crippen LogP contribution in [0, 0.1) is 0 Å². The predicted molar refractivity (Wildman–Crippen MR) is 68.7 cm³/mol. The van der Waals surface area contributed by atoms with Gasteiger partial charge < -0.3 is 10.0 Å². The highest BCUT2D eigenvalue weighted by Crippen LogP contribution is 2.32. The maximum atomic E-state index is 9.16. The van der Waals surface area contributed by atoms with Gasteiger partial charge in [-0.05, 0) is 12.8 Å². The largest absolute Gasteiger partial charge is 0.395 e. The fourth-order valence-corrected chi connectivity index (χ4v) is 2.71. The average molecular weight is 276 g/mol. The normalized spacial score (nSPS) is 16.4. The van der Waals surface area contributed by atoms with Crippen LogP contribution in [0.4, 0.5) is 5.69 Å². The van der Waals surface area contributed by atoms with Gasteiger partial charge in [0.2, 0.25) is 0 Å². The van der Waals surface area contributed by atoms with Crippen LogP contribution in [0.3, 0.4) is 0 Å². The molecule has 2 rings (SSSR count). The summed E-state index contributed by atoms with van der Waals surface area (Å²) in [7, 11) is 0. The molecule has 1 N–H and O–H groups in total. The van der Waals surface area contributed by atoms with Crippen molar-refractivity contribution in [3.05, 3.63) is 16.4 Å². The van der Waals surface area contributed by atoms with E-state index < -0.39 is 0 Å². The third-order valence-electron chi connectivity index (χ3n) is 3.12. The first-order valence-electron chi connectivity index (χ1n) is 5.78. The first kappa shape index (κ1) is 12.9. The summed E-state index contributed by atoms with van der Waals surface area (Å²) in [4.78, 5) is 2.09. The third kappa shape index (κ3) is 3.00. The highest BCUT2D eigenvalue weighted by atomic mass is 35.5. The Balaban J connectivity index is 2.27. The highest BCUT2D eigenvalue weighted by molar-refractivity contribution is 6.33. The molecule has 1 heterocycles. The van der Waals surface area contributed by atoms with E-state index in [-0.39, 0.29) is 6.61 Å². The summed E-state index contributed by atoms with van der Waals surface area (Å²) in [6, 6.07) is 2.13. The zero-order valence-corrected chi connectivity index (χ0v) is 11.0. The quantitative estimate of drug-likeness (QED) is 0.918. The number of rotatable bonds is 4. The second kappa shape index (κ2) is 5.85. The number of aliphatic hydroxyl groups is 1.